The van der Waals surface area contributed by atoms with Crippen LogP contribution in [0.25, 0.3) is 0 Å². The van der Waals surface area contributed by atoms with Crippen LogP contribution in [-0.2, 0) is 30.4 Å². The number of nitrogens with one attached hydrogen (secondary N) is 1. The third kappa shape index (κ3) is 4.40. The zero-order valence-corrected chi connectivity index (χ0v) is 17.2. The van der Waals surface area contributed by atoms with Gasteiger partial charge in [-0.1, -0.05) is 43.7 Å². The van der Waals surface area contributed by atoms with Gasteiger partial charge in [0, 0.05) is 6.42 Å². The standard InChI is InChI=1S/C24H30N2O3/c1-2-6-21-20-10-13-25-12-9-19(20)17-22-23(21)28-16-14-26(22)24(27)29-15-11-18-7-4-3-5-8-18/h3-5,7-8,17,25H,2,6,9-16H2,1H3. The summed E-state index contributed by atoms with van der Waals surface area (Å²) in [6.07, 6.45) is 4.48. The summed E-state index contributed by atoms with van der Waals surface area (Å²) in [5, 5.41) is 3.49. The smallest absolute Gasteiger partial charge is 0.414 e. The Morgan fingerprint density at radius 1 is 1.17 bits per heavy atom. The molecule has 0 aliphatic carbocycles. The second kappa shape index (κ2) is 9.31. The molecule has 2 aromatic carbocycles. The second-order valence-electron chi connectivity index (χ2n) is 7.69. The first-order valence-electron chi connectivity index (χ1n) is 10.8. The molecule has 0 atom stereocenters. The summed E-state index contributed by atoms with van der Waals surface area (Å²) >= 11 is 0. The highest BCUT2D eigenvalue weighted by molar-refractivity contribution is 5.91. The van der Waals surface area contributed by atoms with Crippen molar-refractivity contribution in [2.45, 2.75) is 39.0 Å². The van der Waals surface area contributed by atoms with Gasteiger partial charge in [-0.3, -0.25) is 4.90 Å². The van der Waals surface area contributed by atoms with E-state index in [4.69, 9.17) is 9.47 Å². The number of benzene rings is 2. The lowest BCUT2D eigenvalue weighted by atomic mass is 9.92. The number of carbonyl (C=O) groups excluding carboxylic acids is 1. The number of fused-ring (bicyclic) bond motifs is 2. The van der Waals surface area contributed by atoms with Crippen molar-refractivity contribution in [3.8, 4) is 5.75 Å². The molecule has 0 saturated heterocycles. The van der Waals surface area contributed by atoms with E-state index in [1.807, 2.05) is 18.2 Å². The minimum Gasteiger partial charge on any atom is -0.489 e. The van der Waals surface area contributed by atoms with Gasteiger partial charge in [-0.25, -0.2) is 4.79 Å². The SMILES string of the molecule is CCCc1c2c(cc3c1OCCN3C(=O)OCCc1ccccc1)CCNCC2. The van der Waals surface area contributed by atoms with Crippen molar-refractivity contribution in [3.05, 3.63) is 58.7 Å². The van der Waals surface area contributed by atoms with Crippen molar-refractivity contribution in [1.82, 2.24) is 5.32 Å². The number of amides is 1. The zero-order chi connectivity index (χ0) is 20.1. The van der Waals surface area contributed by atoms with Crippen molar-refractivity contribution in [3.63, 3.8) is 0 Å². The van der Waals surface area contributed by atoms with Gasteiger partial charge in [0.15, 0.2) is 0 Å². The van der Waals surface area contributed by atoms with Crippen molar-refractivity contribution in [2.75, 3.05) is 37.7 Å². The molecule has 5 nitrogen and oxygen atoms in total. The lowest BCUT2D eigenvalue weighted by Crippen LogP contribution is -2.39. The summed E-state index contributed by atoms with van der Waals surface area (Å²) in [5.74, 6) is 0.888. The molecule has 2 aromatic rings. The van der Waals surface area contributed by atoms with Crippen LogP contribution in [-0.4, -0.2) is 38.9 Å². The van der Waals surface area contributed by atoms with E-state index in [-0.39, 0.29) is 6.09 Å². The van der Waals surface area contributed by atoms with Gasteiger partial charge >= 0.3 is 6.09 Å². The van der Waals surface area contributed by atoms with E-state index >= 15 is 0 Å². The maximum Gasteiger partial charge on any atom is 0.414 e. The van der Waals surface area contributed by atoms with Crippen LogP contribution in [0.2, 0.25) is 0 Å². The van der Waals surface area contributed by atoms with Crippen LogP contribution in [0.15, 0.2) is 36.4 Å². The average Bonchev–Trinajstić information content (AvgIpc) is 2.99. The number of nitrogens with zero attached hydrogens (tertiary/aromatic N) is 1. The van der Waals surface area contributed by atoms with E-state index in [0.29, 0.717) is 19.8 Å². The van der Waals surface area contributed by atoms with Crippen molar-refractivity contribution < 1.29 is 14.3 Å². The van der Waals surface area contributed by atoms with Crippen LogP contribution in [0.3, 0.4) is 0 Å². The molecule has 0 fully saturated rings. The van der Waals surface area contributed by atoms with Crippen molar-refractivity contribution in [1.29, 1.82) is 0 Å². The number of ether oxygens (including phenoxy) is 2. The first-order valence-corrected chi connectivity index (χ1v) is 10.8. The Bertz CT molecular complexity index is 851. The van der Waals surface area contributed by atoms with Gasteiger partial charge in [0.2, 0.25) is 0 Å². The highest BCUT2D eigenvalue weighted by Gasteiger charge is 2.30. The number of hydrogen-bond donors (Lipinski definition) is 1. The van der Waals surface area contributed by atoms with Gasteiger partial charge in [0.1, 0.15) is 12.4 Å². The molecule has 5 heteroatoms. The Balaban J connectivity index is 1.55. The van der Waals surface area contributed by atoms with Gasteiger partial charge in [0.05, 0.1) is 18.8 Å². The van der Waals surface area contributed by atoms with E-state index in [2.05, 4.69) is 30.4 Å². The monoisotopic (exact) mass is 394 g/mol. The maximum absolute atomic E-state index is 12.9. The number of carbonyl (C=O) groups is 1. The third-order valence-electron chi connectivity index (χ3n) is 5.72. The molecule has 2 aliphatic rings. The number of hydrogen-bond acceptors (Lipinski definition) is 4. The van der Waals surface area contributed by atoms with E-state index < -0.39 is 0 Å². The predicted octanol–water partition coefficient (Wildman–Crippen LogP) is 3.91. The Morgan fingerprint density at radius 2 is 2.00 bits per heavy atom. The Hall–Kier alpha value is -2.53. The van der Waals surface area contributed by atoms with Gasteiger partial charge in [-0.15, -0.1) is 0 Å². The first kappa shape index (κ1) is 19.8. The molecule has 2 heterocycles. The Labute approximate surface area is 173 Å². The Kier molecular flexibility index (Phi) is 6.35. The molecular weight excluding hydrogens is 364 g/mol. The summed E-state index contributed by atoms with van der Waals surface area (Å²) < 4.78 is 11.7. The molecular formula is C24H30N2O3. The van der Waals surface area contributed by atoms with Gasteiger partial charge < -0.3 is 14.8 Å². The Morgan fingerprint density at radius 3 is 2.83 bits per heavy atom. The zero-order valence-electron chi connectivity index (χ0n) is 17.2. The van der Waals surface area contributed by atoms with E-state index in [1.54, 1.807) is 4.90 Å². The molecule has 154 valence electrons. The summed E-state index contributed by atoms with van der Waals surface area (Å²) in [5.41, 5.74) is 6.08. The minimum absolute atomic E-state index is 0.278. The molecule has 1 amide bonds. The average molecular weight is 395 g/mol. The molecule has 0 aromatic heterocycles. The lowest BCUT2D eigenvalue weighted by molar-refractivity contribution is 0.151. The highest BCUT2D eigenvalue weighted by Crippen LogP contribution is 2.40. The normalized spacial score (nSPS) is 15.7. The van der Waals surface area contributed by atoms with Crippen LogP contribution in [0.4, 0.5) is 10.5 Å². The predicted molar refractivity (Wildman–Crippen MR) is 115 cm³/mol. The van der Waals surface area contributed by atoms with Crippen LogP contribution in [0.5, 0.6) is 5.75 Å². The van der Waals surface area contributed by atoms with Crippen LogP contribution in [0, 0.1) is 0 Å². The lowest BCUT2D eigenvalue weighted by Gasteiger charge is -2.32. The van der Waals surface area contributed by atoms with E-state index in [0.717, 1.165) is 56.6 Å². The molecule has 2 aliphatic heterocycles. The van der Waals surface area contributed by atoms with Crippen molar-refractivity contribution in [2.24, 2.45) is 0 Å². The molecule has 0 radical (unpaired) electrons. The van der Waals surface area contributed by atoms with E-state index in [9.17, 15) is 4.79 Å². The quantitative estimate of drug-likeness (QED) is 0.836. The van der Waals surface area contributed by atoms with Crippen LogP contribution in [0.1, 0.15) is 35.6 Å². The van der Waals surface area contributed by atoms with Crippen LogP contribution >= 0.6 is 0 Å². The summed E-state index contributed by atoms with van der Waals surface area (Å²) in [6.45, 7) is 5.58. The van der Waals surface area contributed by atoms with E-state index in [1.165, 1.54) is 22.3 Å². The fourth-order valence-corrected chi connectivity index (χ4v) is 4.30. The van der Waals surface area contributed by atoms with Gasteiger partial charge in [-0.2, -0.15) is 0 Å². The van der Waals surface area contributed by atoms with Gasteiger partial charge in [0.25, 0.3) is 0 Å². The summed E-state index contributed by atoms with van der Waals surface area (Å²) in [7, 11) is 0. The fourth-order valence-electron chi connectivity index (χ4n) is 4.30. The molecule has 0 spiro atoms. The topological polar surface area (TPSA) is 50.8 Å². The largest absolute Gasteiger partial charge is 0.489 e. The molecule has 29 heavy (non-hydrogen) atoms. The maximum atomic E-state index is 12.9. The molecule has 0 unspecified atom stereocenters. The number of anilines is 1. The summed E-state index contributed by atoms with van der Waals surface area (Å²) in [6, 6.07) is 12.3. The molecule has 0 bridgehead atoms. The van der Waals surface area contributed by atoms with Crippen LogP contribution < -0.4 is 15.0 Å². The number of rotatable bonds is 5. The minimum atomic E-state index is -0.278. The van der Waals surface area contributed by atoms with Gasteiger partial charge in [-0.05, 0) is 60.7 Å². The van der Waals surface area contributed by atoms with Crippen molar-refractivity contribution >= 4 is 11.8 Å². The molecule has 0 saturated carbocycles. The molecule has 4 rings (SSSR count). The summed E-state index contributed by atoms with van der Waals surface area (Å²) in [4.78, 5) is 14.7. The molecule has 1 N–H and O–H groups in total. The second-order valence-corrected chi connectivity index (χ2v) is 7.69. The third-order valence-corrected chi connectivity index (χ3v) is 5.72. The fraction of sp³-hybridized carbons (Fsp3) is 0.458. The highest BCUT2D eigenvalue weighted by atomic mass is 16.6. The first-order chi connectivity index (χ1) is 14.3.